The number of hydrogen-bond donors (Lipinski definition) is 0. The zero-order valence-electron chi connectivity index (χ0n) is 14.5. The van der Waals surface area contributed by atoms with Gasteiger partial charge in [-0.05, 0) is 51.7 Å². The molecule has 2 aromatic rings. The summed E-state index contributed by atoms with van der Waals surface area (Å²) in [6, 6.07) is 8.77. The molecule has 1 aliphatic heterocycles. The van der Waals surface area contributed by atoms with Crippen LogP contribution in [0.5, 0.6) is 0 Å². The fraction of sp³-hybridized carbons (Fsp3) is 0.500. The smallest absolute Gasteiger partial charge is 0.233 e. The Hall–Kier alpha value is -1.82. The van der Waals surface area contributed by atoms with Gasteiger partial charge in [-0.1, -0.05) is 30.0 Å². The van der Waals surface area contributed by atoms with E-state index >= 15 is 0 Å². The number of carbonyl (C=O) groups excluding carboxylic acids is 1. The summed E-state index contributed by atoms with van der Waals surface area (Å²) < 4.78 is 1.95. The van der Waals surface area contributed by atoms with Crippen molar-refractivity contribution in [3.05, 3.63) is 36.2 Å². The molecule has 2 heterocycles. The minimum absolute atomic E-state index is 0.194. The summed E-state index contributed by atoms with van der Waals surface area (Å²) in [5.74, 6) is 0.596. The molecular weight excluding hydrogens is 320 g/mol. The molecule has 0 N–H and O–H groups in total. The fourth-order valence-electron chi connectivity index (χ4n) is 3.44. The second-order valence-corrected chi connectivity index (χ2v) is 7.43. The Morgan fingerprint density at radius 2 is 1.96 bits per heavy atom. The van der Waals surface area contributed by atoms with Crippen LogP contribution in [0, 0.1) is 6.92 Å². The predicted molar refractivity (Wildman–Crippen MR) is 96.4 cm³/mol. The van der Waals surface area contributed by atoms with Gasteiger partial charge in [0.05, 0.1) is 11.4 Å². The molecular formula is C18H24N4OS. The third-order valence-electron chi connectivity index (χ3n) is 4.70. The Morgan fingerprint density at radius 1 is 1.25 bits per heavy atom. The van der Waals surface area contributed by atoms with Crippen LogP contribution in [0.15, 0.2) is 35.7 Å². The Labute approximate surface area is 147 Å². The number of thioether (sulfide) groups is 1. The van der Waals surface area contributed by atoms with Crippen molar-refractivity contribution in [3.8, 4) is 5.69 Å². The molecule has 0 spiro atoms. The SMILES string of the molecule is Cc1ccccc1-n1cnnc1SCC(=O)N1[C@H](C)CCC[C@H]1C. The average molecular weight is 344 g/mol. The first-order chi connectivity index (χ1) is 11.6. The van der Waals surface area contributed by atoms with Crippen LogP contribution in [0.2, 0.25) is 0 Å². The Morgan fingerprint density at radius 3 is 2.67 bits per heavy atom. The van der Waals surface area contributed by atoms with Gasteiger partial charge in [0.25, 0.3) is 0 Å². The number of rotatable bonds is 4. The van der Waals surface area contributed by atoms with E-state index in [0.717, 1.165) is 29.2 Å². The summed E-state index contributed by atoms with van der Waals surface area (Å²) in [6.45, 7) is 6.36. The van der Waals surface area contributed by atoms with E-state index in [1.54, 1.807) is 6.33 Å². The highest BCUT2D eigenvalue weighted by Gasteiger charge is 2.29. The van der Waals surface area contributed by atoms with E-state index in [4.69, 9.17) is 0 Å². The van der Waals surface area contributed by atoms with Gasteiger partial charge in [0.1, 0.15) is 6.33 Å². The molecule has 128 valence electrons. The Kier molecular flexibility index (Phi) is 5.23. The number of amides is 1. The summed E-state index contributed by atoms with van der Waals surface area (Å²) in [5, 5.41) is 8.98. The van der Waals surface area contributed by atoms with E-state index in [-0.39, 0.29) is 5.91 Å². The van der Waals surface area contributed by atoms with Crippen molar-refractivity contribution in [2.24, 2.45) is 0 Å². The normalized spacial score (nSPS) is 21.0. The molecule has 0 radical (unpaired) electrons. The molecule has 24 heavy (non-hydrogen) atoms. The molecule has 0 aliphatic carbocycles. The topological polar surface area (TPSA) is 51.0 Å². The van der Waals surface area contributed by atoms with E-state index in [2.05, 4.69) is 37.0 Å². The van der Waals surface area contributed by atoms with Gasteiger partial charge >= 0.3 is 0 Å². The average Bonchev–Trinajstić information content (AvgIpc) is 3.01. The van der Waals surface area contributed by atoms with Crippen molar-refractivity contribution in [1.29, 1.82) is 0 Å². The summed E-state index contributed by atoms with van der Waals surface area (Å²) in [5.41, 5.74) is 2.21. The highest BCUT2D eigenvalue weighted by atomic mass is 32.2. The first-order valence-corrected chi connectivity index (χ1v) is 9.46. The van der Waals surface area contributed by atoms with Crippen LogP contribution in [0.1, 0.15) is 38.7 Å². The molecule has 2 atom stereocenters. The second kappa shape index (κ2) is 7.38. The molecule has 0 bridgehead atoms. The number of carbonyl (C=O) groups is 1. The van der Waals surface area contributed by atoms with Crippen LogP contribution >= 0.6 is 11.8 Å². The van der Waals surface area contributed by atoms with Gasteiger partial charge in [0.15, 0.2) is 5.16 Å². The van der Waals surface area contributed by atoms with E-state index in [9.17, 15) is 4.79 Å². The van der Waals surface area contributed by atoms with Crippen molar-refractivity contribution < 1.29 is 4.79 Å². The van der Waals surface area contributed by atoms with E-state index in [1.165, 1.54) is 18.2 Å². The lowest BCUT2D eigenvalue weighted by atomic mass is 9.98. The zero-order chi connectivity index (χ0) is 17.1. The highest BCUT2D eigenvalue weighted by molar-refractivity contribution is 7.99. The number of aromatic nitrogens is 3. The lowest BCUT2D eigenvalue weighted by molar-refractivity contribution is -0.134. The third-order valence-corrected chi connectivity index (χ3v) is 5.63. The fourth-order valence-corrected chi connectivity index (χ4v) is 4.23. The van der Waals surface area contributed by atoms with Crippen molar-refractivity contribution in [2.45, 2.75) is 57.3 Å². The van der Waals surface area contributed by atoms with Crippen LogP contribution in [0.25, 0.3) is 5.69 Å². The molecule has 5 nitrogen and oxygen atoms in total. The summed E-state index contributed by atoms with van der Waals surface area (Å²) in [7, 11) is 0. The molecule has 1 saturated heterocycles. The predicted octanol–water partition coefficient (Wildman–Crippen LogP) is 3.46. The lowest BCUT2D eigenvalue weighted by Crippen LogP contribution is -2.48. The highest BCUT2D eigenvalue weighted by Crippen LogP contribution is 2.26. The van der Waals surface area contributed by atoms with Crippen molar-refractivity contribution in [2.75, 3.05) is 5.75 Å². The maximum Gasteiger partial charge on any atom is 0.233 e. The van der Waals surface area contributed by atoms with Gasteiger partial charge in [-0.25, -0.2) is 0 Å². The van der Waals surface area contributed by atoms with Gasteiger partial charge < -0.3 is 4.90 Å². The minimum Gasteiger partial charge on any atom is -0.337 e. The molecule has 3 rings (SSSR count). The van der Waals surface area contributed by atoms with Gasteiger partial charge in [0.2, 0.25) is 5.91 Å². The molecule has 1 amide bonds. The molecule has 0 unspecified atom stereocenters. The van der Waals surface area contributed by atoms with Gasteiger partial charge in [-0.2, -0.15) is 0 Å². The van der Waals surface area contributed by atoms with E-state index in [1.807, 2.05) is 27.7 Å². The number of aryl methyl sites for hydroxylation is 1. The van der Waals surface area contributed by atoms with Gasteiger partial charge in [0, 0.05) is 12.1 Å². The maximum absolute atomic E-state index is 12.7. The monoisotopic (exact) mass is 344 g/mol. The largest absolute Gasteiger partial charge is 0.337 e. The first-order valence-electron chi connectivity index (χ1n) is 8.48. The lowest BCUT2D eigenvalue weighted by Gasteiger charge is -2.39. The second-order valence-electron chi connectivity index (χ2n) is 6.49. The van der Waals surface area contributed by atoms with Crippen LogP contribution < -0.4 is 0 Å². The standard InChI is InChI=1S/C18H24N4OS/c1-13-7-4-5-10-16(13)21-12-19-20-18(21)24-11-17(23)22-14(2)8-6-9-15(22)3/h4-5,7,10,12,14-15H,6,8-9,11H2,1-3H3/t14-,15-/m1/s1. The van der Waals surface area contributed by atoms with Crippen LogP contribution in [0.3, 0.4) is 0 Å². The Bertz CT molecular complexity index is 705. The molecule has 1 aromatic heterocycles. The summed E-state index contributed by atoms with van der Waals surface area (Å²) in [4.78, 5) is 14.7. The summed E-state index contributed by atoms with van der Waals surface area (Å²) in [6.07, 6.45) is 5.11. The summed E-state index contributed by atoms with van der Waals surface area (Å²) >= 11 is 1.46. The number of hydrogen-bond acceptors (Lipinski definition) is 4. The minimum atomic E-state index is 0.194. The van der Waals surface area contributed by atoms with Gasteiger partial charge in [-0.15, -0.1) is 10.2 Å². The number of likely N-dealkylation sites (tertiary alicyclic amines) is 1. The maximum atomic E-state index is 12.7. The van der Waals surface area contributed by atoms with Crippen LogP contribution in [-0.4, -0.2) is 43.4 Å². The zero-order valence-corrected chi connectivity index (χ0v) is 15.3. The number of benzene rings is 1. The van der Waals surface area contributed by atoms with Gasteiger partial charge in [-0.3, -0.25) is 9.36 Å². The van der Waals surface area contributed by atoms with Crippen LogP contribution in [-0.2, 0) is 4.79 Å². The van der Waals surface area contributed by atoms with Crippen LogP contribution in [0.4, 0.5) is 0 Å². The molecule has 6 heteroatoms. The number of nitrogens with zero attached hydrogens (tertiary/aromatic N) is 4. The number of para-hydroxylation sites is 1. The molecule has 1 aromatic carbocycles. The first kappa shape index (κ1) is 17.0. The molecule has 0 saturated carbocycles. The van der Waals surface area contributed by atoms with Crippen molar-refractivity contribution in [3.63, 3.8) is 0 Å². The van der Waals surface area contributed by atoms with Crippen molar-refractivity contribution in [1.82, 2.24) is 19.7 Å². The van der Waals surface area contributed by atoms with E-state index < -0.39 is 0 Å². The quantitative estimate of drug-likeness (QED) is 0.797. The number of piperidine rings is 1. The van der Waals surface area contributed by atoms with Crippen molar-refractivity contribution >= 4 is 17.7 Å². The third kappa shape index (κ3) is 3.48. The Balaban J connectivity index is 1.71. The molecule has 1 fully saturated rings. The van der Waals surface area contributed by atoms with E-state index in [0.29, 0.717) is 17.8 Å². The molecule has 1 aliphatic rings.